The predicted molar refractivity (Wildman–Crippen MR) is 70.9 cm³/mol. The van der Waals surface area contributed by atoms with Crippen molar-refractivity contribution in [3.05, 3.63) is 20.8 Å². The number of nitrogens with zero attached hydrogens (tertiary/aromatic N) is 2. The summed E-state index contributed by atoms with van der Waals surface area (Å²) in [4.78, 5) is 14.7. The van der Waals surface area contributed by atoms with Crippen LogP contribution in [0.2, 0.25) is 0 Å². The molecule has 1 saturated heterocycles. The lowest BCUT2D eigenvalue weighted by Crippen LogP contribution is -2.43. The highest BCUT2D eigenvalue weighted by Crippen LogP contribution is 2.25. The first kappa shape index (κ1) is 12.6. The molecular formula is C11H13BrN2O2S. The lowest BCUT2D eigenvalue weighted by Gasteiger charge is -2.31. The maximum atomic E-state index is 12.2. The minimum absolute atomic E-state index is 0.0598. The summed E-state index contributed by atoms with van der Waals surface area (Å²) in [6, 6.07) is 3.71. The van der Waals surface area contributed by atoms with Crippen molar-refractivity contribution < 1.29 is 10.0 Å². The van der Waals surface area contributed by atoms with Crippen LogP contribution in [0.4, 0.5) is 0 Å². The van der Waals surface area contributed by atoms with Crippen LogP contribution in [0, 0.1) is 5.92 Å². The lowest BCUT2D eigenvalue weighted by molar-refractivity contribution is 0.0739. The number of carbonyl (C=O) groups excluding carboxylic acids is 1. The minimum atomic E-state index is 0.0598. The molecule has 1 N–H and O–H groups in total. The zero-order valence-electron chi connectivity index (χ0n) is 9.39. The highest BCUT2D eigenvalue weighted by molar-refractivity contribution is 9.11. The Hall–Kier alpha value is -0.880. The van der Waals surface area contributed by atoms with E-state index in [1.165, 1.54) is 11.3 Å². The Bertz CT molecular complexity index is 458. The van der Waals surface area contributed by atoms with E-state index in [0.29, 0.717) is 19.5 Å². The van der Waals surface area contributed by atoms with E-state index in [1.54, 1.807) is 0 Å². The molecule has 0 bridgehead atoms. The van der Waals surface area contributed by atoms with Crippen molar-refractivity contribution in [3.8, 4) is 0 Å². The predicted octanol–water partition coefficient (Wildman–Crippen LogP) is 2.82. The third kappa shape index (κ3) is 2.69. The highest BCUT2D eigenvalue weighted by atomic mass is 79.9. The van der Waals surface area contributed by atoms with Crippen LogP contribution in [0.15, 0.2) is 21.1 Å². The van der Waals surface area contributed by atoms with Crippen LogP contribution in [0.1, 0.15) is 23.0 Å². The number of thiophene rings is 1. The van der Waals surface area contributed by atoms with E-state index in [-0.39, 0.29) is 11.8 Å². The molecule has 4 nitrogen and oxygen atoms in total. The van der Waals surface area contributed by atoms with Gasteiger partial charge in [0.05, 0.1) is 14.4 Å². The van der Waals surface area contributed by atoms with Gasteiger partial charge in [0.25, 0.3) is 5.91 Å². The number of rotatable bonds is 1. The van der Waals surface area contributed by atoms with Gasteiger partial charge < -0.3 is 10.1 Å². The molecule has 1 aromatic heterocycles. The quantitative estimate of drug-likeness (QED) is 0.640. The topological polar surface area (TPSA) is 52.9 Å². The average Bonchev–Trinajstić information content (AvgIpc) is 2.75. The van der Waals surface area contributed by atoms with Crippen LogP contribution in [0.5, 0.6) is 0 Å². The Kier molecular flexibility index (Phi) is 3.83. The van der Waals surface area contributed by atoms with Crippen LogP contribution in [0.25, 0.3) is 0 Å². The van der Waals surface area contributed by atoms with Gasteiger partial charge in [-0.2, -0.15) is 0 Å². The van der Waals surface area contributed by atoms with E-state index < -0.39 is 0 Å². The molecule has 0 aliphatic carbocycles. The zero-order chi connectivity index (χ0) is 12.4. The van der Waals surface area contributed by atoms with Gasteiger partial charge in [-0.15, -0.1) is 11.3 Å². The number of amides is 1. The van der Waals surface area contributed by atoms with E-state index in [4.69, 9.17) is 5.21 Å². The number of hydrogen-bond acceptors (Lipinski definition) is 4. The summed E-state index contributed by atoms with van der Waals surface area (Å²) in [5.74, 6) is 0.186. The second-order valence-electron chi connectivity index (χ2n) is 4.10. The normalized spacial score (nSPS) is 23.1. The summed E-state index contributed by atoms with van der Waals surface area (Å²) in [5.41, 5.74) is 0.779. The summed E-state index contributed by atoms with van der Waals surface area (Å²) < 4.78 is 0.962. The van der Waals surface area contributed by atoms with Gasteiger partial charge in [-0.3, -0.25) is 4.79 Å². The minimum Gasteiger partial charge on any atom is -0.411 e. The fourth-order valence-electron chi connectivity index (χ4n) is 1.94. The summed E-state index contributed by atoms with van der Waals surface area (Å²) in [5, 5.41) is 12.1. The maximum absolute atomic E-state index is 12.2. The number of hydrogen-bond donors (Lipinski definition) is 1. The summed E-state index contributed by atoms with van der Waals surface area (Å²) in [6.45, 7) is 3.21. The van der Waals surface area contributed by atoms with Crippen molar-refractivity contribution in [3.63, 3.8) is 0 Å². The van der Waals surface area contributed by atoms with Crippen molar-refractivity contribution in [1.82, 2.24) is 4.90 Å². The van der Waals surface area contributed by atoms with Crippen molar-refractivity contribution in [1.29, 1.82) is 0 Å². The fourth-order valence-corrected chi connectivity index (χ4v) is 3.30. The van der Waals surface area contributed by atoms with Gasteiger partial charge in [0.1, 0.15) is 0 Å². The van der Waals surface area contributed by atoms with Crippen molar-refractivity contribution >= 4 is 38.9 Å². The van der Waals surface area contributed by atoms with Gasteiger partial charge in [0.2, 0.25) is 0 Å². The highest BCUT2D eigenvalue weighted by Gasteiger charge is 2.27. The van der Waals surface area contributed by atoms with Crippen molar-refractivity contribution in [2.75, 3.05) is 13.1 Å². The molecule has 2 rings (SSSR count). The molecule has 0 spiro atoms. The molecule has 1 amide bonds. The first-order valence-electron chi connectivity index (χ1n) is 5.37. The average molecular weight is 317 g/mol. The van der Waals surface area contributed by atoms with E-state index in [2.05, 4.69) is 21.1 Å². The molecule has 1 atom stereocenters. The molecule has 17 heavy (non-hydrogen) atoms. The van der Waals surface area contributed by atoms with Crippen molar-refractivity contribution in [2.45, 2.75) is 13.3 Å². The van der Waals surface area contributed by atoms with Gasteiger partial charge >= 0.3 is 0 Å². The molecule has 1 aliphatic heterocycles. The molecule has 92 valence electrons. The Morgan fingerprint density at radius 3 is 2.94 bits per heavy atom. The van der Waals surface area contributed by atoms with Crippen LogP contribution < -0.4 is 0 Å². The van der Waals surface area contributed by atoms with E-state index >= 15 is 0 Å². The molecular weight excluding hydrogens is 304 g/mol. The molecule has 6 heteroatoms. The number of carbonyl (C=O) groups is 1. The summed E-state index contributed by atoms with van der Waals surface area (Å²) in [7, 11) is 0. The van der Waals surface area contributed by atoms with Gasteiger partial charge in [0.15, 0.2) is 0 Å². The number of piperidine rings is 1. The molecule has 0 radical (unpaired) electrons. The molecule has 0 saturated carbocycles. The maximum Gasteiger partial charge on any atom is 0.263 e. The van der Waals surface area contributed by atoms with Gasteiger partial charge in [-0.1, -0.05) is 12.1 Å². The first-order valence-corrected chi connectivity index (χ1v) is 6.98. The Labute approximate surface area is 112 Å². The molecule has 2 heterocycles. The Morgan fingerprint density at radius 1 is 1.65 bits per heavy atom. The zero-order valence-corrected chi connectivity index (χ0v) is 11.8. The lowest BCUT2D eigenvalue weighted by atomic mass is 9.97. The number of likely N-dealkylation sites (tertiary alicyclic amines) is 1. The SMILES string of the molecule is CC1CN(C(=O)c2ccc(Br)s2)CC/C1=N\O. The second-order valence-corrected chi connectivity index (χ2v) is 6.56. The summed E-state index contributed by atoms with van der Waals surface area (Å²) >= 11 is 4.80. The van der Waals surface area contributed by atoms with Gasteiger partial charge in [0, 0.05) is 25.4 Å². The first-order chi connectivity index (χ1) is 8.11. The van der Waals surface area contributed by atoms with E-state index in [9.17, 15) is 4.79 Å². The van der Waals surface area contributed by atoms with Crippen LogP contribution >= 0.6 is 27.3 Å². The Balaban J connectivity index is 2.07. The summed E-state index contributed by atoms with van der Waals surface area (Å²) in [6.07, 6.45) is 0.649. The number of oxime groups is 1. The van der Waals surface area contributed by atoms with E-state index in [1.807, 2.05) is 24.0 Å². The van der Waals surface area contributed by atoms with Crippen LogP contribution in [-0.2, 0) is 0 Å². The molecule has 1 unspecified atom stereocenters. The second kappa shape index (κ2) is 5.18. The molecule has 0 aromatic carbocycles. The smallest absolute Gasteiger partial charge is 0.263 e. The van der Waals surface area contributed by atoms with Gasteiger partial charge in [-0.25, -0.2) is 0 Å². The molecule has 1 fully saturated rings. The third-order valence-electron chi connectivity index (χ3n) is 2.90. The fraction of sp³-hybridized carbons (Fsp3) is 0.455. The third-order valence-corrected chi connectivity index (χ3v) is 4.51. The van der Waals surface area contributed by atoms with Crippen LogP contribution in [0.3, 0.4) is 0 Å². The van der Waals surface area contributed by atoms with E-state index in [0.717, 1.165) is 14.4 Å². The van der Waals surface area contributed by atoms with Crippen molar-refractivity contribution in [2.24, 2.45) is 11.1 Å². The monoisotopic (exact) mass is 316 g/mol. The molecule has 1 aliphatic rings. The standard InChI is InChI=1S/C11H13BrN2O2S/c1-7-6-14(5-4-8(7)13-16)11(15)9-2-3-10(12)17-9/h2-3,7,16H,4-6H2,1H3/b13-8+. The molecule has 1 aromatic rings. The Morgan fingerprint density at radius 2 is 2.41 bits per heavy atom. The van der Waals surface area contributed by atoms with Gasteiger partial charge in [-0.05, 0) is 28.1 Å². The van der Waals surface area contributed by atoms with Crippen LogP contribution in [-0.4, -0.2) is 34.8 Å². The number of halogens is 1. The largest absolute Gasteiger partial charge is 0.411 e.